The van der Waals surface area contributed by atoms with Crippen molar-refractivity contribution in [2.24, 2.45) is 0 Å². The summed E-state index contributed by atoms with van der Waals surface area (Å²) in [6, 6.07) is 0.527. The molecule has 0 aromatic carbocycles. The zero-order valence-corrected chi connectivity index (χ0v) is 12.4. The van der Waals surface area contributed by atoms with Crippen molar-refractivity contribution in [3.63, 3.8) is 0 Å². The zero-order valence-electron chi connectivity index (χ0n) is 11.5. The summed E-state index contributed by atoms with van der Waals surface area (Å²) < 4.78 is 4.30. The minimum Gasteiger partial charge on any atom is -0.383 e. The van der Waals surface area contributed by atoms with Crippen LogP contribution in [0.2, 0.25) is 0 Å². The van der Waals surface area contributed by atoms with Gasteiger partial charge in [0.15, 0.2) is 0 Å². The van der Waals surface area contributed by atoms with E-state index in [-0.39, 0.29) is 0 Å². The summed E-state index contributed by atoms with van der Waals surface area (Å²) >= 11 is 1.53. The number of unbranched alkanes of at least 4 members (excludes halogenated alkanes) is 3. The first-order valence-electron chi connectivity index (χ1n) is 7.24. The fourth-order valence-electron chi connectivity index (χ4n) is 2.35. The van der Waals surface area contributed by atoms with Gasteiger partial charge in [0.2, 0.25) is 0 Å². The van der Waals surface area contributed by atoms with Crippen LogP contribution in [0.1, 0.15) is 70.3 Å². The average Bonchev–Trinajstić information content (AvgIpc) is 3.11. The minimum atomic E-state index is 0.527. The van der Waals surface area contributed by atoms with Gasteiger partial charge < -0.3 is 11.1 Å². The molecule has 1 aromatic heterocycles. The Bertz CT molecular complexity index is 371. The first kappa shape index (κ1) is 13.7. The molecule has 1 unspecified atom stereocenters. The van der Waals surface area contributed by atoms with E-state index in [9.17, 15) is 0 Å². The molecule has 3 N–H and O–H groups in total. The molecular weight excluding hydrogens is 242 g/mol. The van der Waals surface area contributed by atoms with E-state index in [1.165, 1.54) is 67.0 Å². The SMILES string of the molecule is CCCCCCC(C)Nc1snc(N)c1C1CC1. The second-order valence-corrected chi connectivity index (χ2v) is 6.25. The van der Waals surface area contributed by atoms with Gasteiger partial charge in [0.25, 0.3) is 0 Å². The standard InChI is InChI=1S/C14H25N3S/c1-3-4-5-6-7-10(2)16-14-12(11-8-9-11)13(15)17-18-14/h10-11,16H,3-9H2,1-2H3,(H2,15,17). The highest BCUT2D eigenvalue weighted by atomic mass is 32.1. The van der Waals surface area contributed by atoms with Crippen LogP contribution in [-0.4, -0.2) is 10.4 Å². The molecule has 1 aliphatic rings. The largest absolute Gasteiger partial charge is 0.383 e. The lowest BCUT2D eigenvalue weighted by Gasteiger charge is -2.14. The monoisotopic (exact) mass is 267 g/mol. The fraction of sp³-hybridized carbons (Fsp3) is 0.786. The molecule has 102 valence electrons. The van der Waals surface area contributed by atoms with E-state index in [2.05, 4.69) is 23.5 Å². The van der Waals surface area contributed by atoms with Crippen LogP contribution in [-0.2, 0) is 0 Å². The van der Waals surface area contributed by atoms with Gasteiger partial charge in [-0.05, 0) is 43.6 Å². The molecule has 4 heteroatoms. The molecule has 2 rings (SSSR count). The van der Waals surface area contributed by atoms with E-state index in [0.29, 0.717) is 12.0 Å². The van der Waals surface area contributed by atoms with Crippen LogP contribution in [0.4, 0.5) is 10.8 Å². The van der Waals surface area contributed by atoms with E-state index in [0.717, 1.165) is 5.82 Å². The molecule has 0 spiro atoms. The van der Waals surface area contributed by atoms with Crippen molar-refractivity contribution < 1.29 is 0 Å². The maximum Gasteiger partial charge on any atom is 0.142 e. The van der Waals surface area contributed by atoms with Crippen molar-refractivity contribution >= 4 is 22.4 Å². The van der Waals surface area contributed by atoms with Crippen molar-refractivity contribution in [2.75, 3.05) is 11.1 Å². The summed E-state index contributed by atoms with van der Waals surface area (Å²) in [6.45, 7) is 4.52. The minimum absolute atomic E-state index is 0.527. The Balaban J connectivity index is 1.81. The Morgan fingerprint density at radius 3 is 2.83 bits per heavy atom. The lowest BCUT2D eigenvalue weighted by molar-refractivity contribution is 0.594. The smallest absolute Gasteiger partial charge is 0.142 e. The van der Waals surface area contributed by atoms with E-state index < -0.39 is 0 Å². The van der Waals surface area contributed by atoms with Crippen molar-refractivity contribution in [2.45, 2.75) is 70.8 Å². The Morgan fingerprint density at radius 2 is 2.17 bits per heavy atom. The predicted molar refractivity (Wildman–Crippen MR) is 80.3 cm³/mol. The van der Waals surface area contributed by atoms with Gasteiger partial charge in [0, 0.05) is 11.6 Å². The molecule has 1 atom stereocenters. The zero-order chi connectivity index (χ0) is 13.0. The summed E-state index contributed by atoms with van der Waals surface area (Å²) in [5.74, 6) is 1.43. The van der Waals surface area contributed by atoms with Crippen LogP contribution in [0, 0.1) is 0 Å². The Labute approximate surface area is 114 Å². The maximum absolute atomic E-state index is 5.96. The van der Waals surface area contributed by atoms with E-state index in [1.807, 2.05) is 0 Å². The second-order valence-electron chi connectivity index (χ2n) is 5.48. The number of hydrogen-bond donors (Lipinski definition) is 2. The van der Waals surface area contributed by atoms with Gasteiger partial charge in [-0.15, -0.1) is 0 Å². The summed E-state index contributed by atoms with van der Waals surface area (Å²) in [7, 11) is 0. The third-order valence-electron chi connectivity index (χ3n) is 3.61. The molecule has 0 saturated heterocycles. The normalized spacial score (nSPS) is 16.8. The van der Waals surface area contributed by atoms with Gasteiger partial charge in [-0.25, -0.2) is 0 Å². The van der Waals surface area contributed by atoms with Gasteiger partial charge >= 0.3 is 0 Å². The molecule has 0 aliphatic heterocycles. The van der Waals surface area contributed by atoms with Gasteiger partial charge in [0.05, 0.1) is 0 Å². The highest BCUT2D eigenvalue weighted by Gasteiger charge is 2.30. The molecule has 0 amide bonds. The topological polar surface area (TPSA) is 50.9 Å². The Hall–Kier alpha value is -0.770. The summed E-state index contributed by atoms with van der Waals surface area (Å²) in [5, 5.41) is 4.83. The third kappa shape index (κ3) is 3.61. The van der Waals surface area contributed by atoms with E-state index >= 15 is 0 Å². The van der Waals surface area contributed by atoms with Crippen LogP contribution in [0.25, 0.3) is 0 Å². The first-order valence-corrected chi connectivity index (χ1v) is 8.01. The Kier molecular flexibility index (Phi) is 4.87. The van der Waals surface area contributed by atoms with Crippen LogP contribution < -0.4 is 11.1 Å². The first-order chi connectivity index (χ1) is 8.72. The summed E-state index contributed by atoms with van der Waals surface area (Å²) in [5.41, 5.74) is 7.25. The molecule has 0 bridgehead atoms. The second kappa shape index (κ2) is 6.41. The molecule has 0 radical (unpaired) electrons. The number of anilines is 2. The summed E-state index contributed by atoms with van der Waals surface area (Å²) in [6.07, 6.45) is 9.12. The third-order valence-corrected chi connectivity index (χ3v) is 4.42. The number of aromatic nitrogens is 1. The van der Waals surface area contributed by atoms with Crippen LogP contribution >= 0.6 is 11.5 Å². The lowest BCUT2D eigenvalue weighted by Crippen LogP contribution is -2.15. The quantitative estimate of drug-likeness (QED) is 0.687. The number of nitrogens with one attached hydrogen (secondary N) is 1. The number of nitrogens with zero attached hydrogens (tertiary/aromatic N) is 1. The molecule has 1 heterocycles. The number of nitrogen functional groups attached to an aromatic ring is 1. The summed E-state index contributed by atoms with van der Waals surface area (Å²) in [4.78, 5) is 0. The number of rotatable bonds is 8. The average molecular weight is 267 g/mol. The molecule has 1 fully saturated rings. The molecule has 18 heavy (non-hydrogen) atoms. The molecule has 1 aromatic rings. The lowest BCUT2D eigenvalue weighted by atomic mass is 10.1. The van der Waals surface area contributed by atoms with Crippen LogP contribution in [0.15, 0.2) is 0 Å². The van der Waals surface area contributed by atoms with E-state index in [4.69, 9.17) is 5.73 Å². The number of nitrogens with two attached hydrogens (primary N) is 1. The maximum atomic E-state index is 5.96. The van der Waals surface area contributed by atoms with Gasteiger partial charge in [-0.2, -0.15) is 4.37 Å². The van der Waals surface area contributed by atoms with Gasteiger partial charge in [0.1, 0.15) is 10.8 Å². The van der Waals surface area contributed by atoms with Crippen molar-refractivity contribution in [1.29, 1.82) is 0 Å². The highest BCUT2D eigenvalue weighted by Crippen LogP contribution is 2.47. The Morgan fingerprint density at radius 1 is 1.39 bits per heavy atom. The van der Waals surface area contributed by atoms with Crippen molar-refractivity contribution in [3.05, 3.63) is 5.56 Å². The molecule has 1 aliphatic carbocycles. The predicted octanol–water partition coefficient (Wildman–Crippen LogP) is 4.37. The molecular formula is C14H25N3S. The number of hydrogen-bond acceptors (Lipinski definition) is 4. The molecule has 3 nitrogen and oxygen atoms in total. The van der Waals surface area contributed by atoms with Gasteiger partial charge in [-0.1, -0.05) is 32.6 Å². The van der Waals surface area contributed by atoms with Crippen molar-refractivity contribution in [3.8, 4) is 0 Å². The van der Waals surface area contributed by atoms with E-state index in [1.54, 1.807) is 0 Å². The van der Waals surface area contributed by atoms with Crippen LogP contribution in [0.5, 0.6) is 0 Å². The fourth-order valence-corrected chi connectivity index (χ4v) is 3.26. The van der Waals surface area contributed by atoms with Gasteiger partial charge in [-0.3, -0.25) is 0 Å². The van der Waals surface area contributed by atoms with Crippen LogP contribution in [0.3, 0.4) is 0 Å². The molecule has 1 saturated carbocycles. The highest BCUT2D eigenvalue weighted by molar-refractivity contribution is 7.10. The van der Waals surface area contributed by atoms with Crippen molar-refractivity contribution in [1.82, 2.24) is 4.37 Å².